The summed E-state index contributed by atoms with van der Waals surface area (Å²) in [5, 5.41) is 24.1. The molecule has 4 aromatic carbocycles. The third-order valence-corrected chi connectivity index (χ3v) is 10.2. The summed E-state index contributed by atoms with van der Waals surface area (Å²) >= 11 is 0. The molecule has 8 atom stereocenters. The first-order chi connectivity index (χ1) is 25.3. The van der Waals surface area contributed by atoms with Crippen LogP contribution in [-0.2, 0) is 18.9 Å². The maximum absolute atomic E-state index is 13.6. The van der Waals surface area contributed by atoms with Gasteiger partial charge in [-0.3, -0.25) is 0 Å². The predicted octanol–water partition coefficient (Wildman–Crippen LogP) is 5.23. The lowest BCUT2D eigenvalue weighted by molar-refractivity contribution is -0.192. The Morgan fingerprint density at radius 3 is 1.52 bits per heavy atom. The summed E-state index contributed by atoms with van der Waals surface area (Å²) in [5.41, 5.74) is -0.0786. The van der Waals surface area contributed by atoms with Gasteiger partial charge in [0, 0.05) is 11.8 Å². The smallest absolute Gasteiger partial charge is 0.338 e. The number of fused-ring (bicyclic) bond motifs is 1. The number of hydrogen-bond donors (Lipinski definition) is 2. The summed E-state index contributed by atoms with van der Waals surface area (Å²) in [6.07, 6.45) is -0.0691. The van der Waals surface area contributed by atoms with Crippen molar-refractivity contribution in [2.45, 2.75) is 24.4 Å². The van der Waals surface area contributed by atoms with E-state index >= 15 is 0 Å². The minimum atomic E-state index is -1.45. The molecule has 264 valence electrons. The molecule has 4 aromatic rings. The van der Waals surface area contributed by atoms with E-state index in [9.17, 15) is 29.4 Å². The predicted molar refractivity (Wildman–Crippen MR) is 187 cm³/mol. The molecule has 0 aromatic heterocycles. The molecule has 52 heavy (non-hydrogen) atoms. The molecule has 4 aliphatic rings. The van der Waals surface area contributed by atoms with E-state index in [1.54, 1.807) is 140 Å². The summed E-state index contributed by atoms with van der Waals surface area (Å²) < 4.78 is 23.6. The molecule has 1 fully saturated rings. The number of rotatable bonds is 10. The third kappa shape index (κ3) is 6.66. The number of carbonyl (C=O) groups excluding carboxylic acids is 4. The fourth-order valence-corrected chi connectivity index (χ4v) is 7.54. The van der Waals surface area contributed by atoms with E-state index in [2.05, 4.69) is 0 Å². The topological polar surface area (TPSA) is 146 Å². The monoisotopic (exact) mass is 700 g/mol. The van der Waals surface area contributed by atoms with Crippen LogP contribution in [0.5, 0.6) is 0 Å². The normalized spacial score (nSPS) is 27.0. The van der Waals surface area contributed by atoms with Crippen LogP contribution in [0.1, 0.15) is 41.4 Å². The van der Waals surface area contributed by atoms with Crippen molar-refractivity contribution in [1.82, 2.24) is 0 Å². The van der Waals surface area contributed by atoms with Gasteiger partial charge in [0.1, 0.15) is 37.6 Å². The fourth-order valence-electron chi connectivity index (χ4n) is 7.54. The molecule has 2 bridgehead atoms. The van der Waals surface area contributed by atoms with Gasteiger partial charge < -0.3 is 29.2 Å². The van der Waals surface area contributed by atoms with Gasteiger partial charge in [-0.05, 0) is 60.0 Å². The maximum Gasteiger partial charge on any atom is 0.338 e. The molecular formula is C42H36O10. The van der Waals surface area contributed by atoms with Crippen LogP contribution in [-0.4, -0.2) is 71.7 Å². The zero-order chi connectivity index (χ0) is 36.2. The Balaban J connectivity index is 1.28. The minimum Gasteiger partial charge on any atom is -0.461 e. The number of carbonyl (C=O) groups is 4. The summed E-state index contributed by atoms with van der Waals surface area (Å²) in [4.78, 5) is 53.3. The van der Waals surface area contributed by atoms with Gasteiger partial charge in [-0.15, -0.1) is 0 Å². The molecule has 0 radical (unpaired) electrons. The highest BCUT2D eigenvalue weighted by atomic mass is 16.6. The van der Waals surface area contributed by atoms with Crippen LogP contribution in [0.4, 0.5) is 0 Å². The molecule has 1 saturated carbocycles. The Morgan fingerprint density at radius 1 is 0.577 bits per heavy atom. The molecule has 4 aliphatic carbocycles. The van der Waals surface area contributed by atoms with Crippen LogP contribution < -0.4 is 0 Å². The molecule has 0 unspecified atom stereocenters. The summed E-state index contributed by atoms with van der Waals surface area (Å²) in [5.74, 6) is -4.91. The number of hydrogen-bond acceptors (Lipinski definition) is 10. The largest absolute Gasteiger partial charge is 0.461 e. The molecule has 10 nitrogen and oxygen atoms in total. The van der Waals surface area contributed by atoms with Crippen LogP contribution in [0.3, 0.4) is 0 Å². The van der Waals surface area contributed by atoms with E-state index in [0.29, 0.717) is 11.1 Å². The van der Waals surface area contributed by atoms with Gasteiger partial charge in [0.25, 0.3) is 0 Å². The van der Waals surface area contributed by atoms with Crippen LogP contribution in [0.15, 0.2) is 145 Å². The second-order valence-electron chi connectivity index (χ2n) is 13.1. The van der Waals surface area contributed by atoms with E-state index in [-0.39, 0.29) is 29.9 Å². The number of aliphatic hydroxyl groups is 2. The molecule has 0 amide bonds. The van der Waals surface area contributed by atoms with E-state index < -0.39 is 71.5 Å². The van der Waals surface area contributed by atoms with Crippen molar-refractivity contribution < 1.29 is 48.3 Å². The molecule has 10 heteroatoms. The van der Waals surface area contributed by atoms with Crippen molar-refractivity contribution in [2.24, 2.45) is 23.2 Å². The Hall–Kier alpha value is -5.84. The van der Waals surface area contributed by atoms with E-state index in [1.165, 1.54) is 0 Å². The van der Waals surface area contributed by atoms with E-state index in [4.69, 9.17) is 18.9 Å². The number of benzene rings is 4. The van der Waals surface area contributed by atoms with Gasteiger partial charge >= 0.3 is 23.9 Å². The van der Waals surface area contributed by atoms with Crippen LogP contribution in [0.25, 0.3) is 0 Å². The van der Waals surface area contributed by atoms with Gasteiger partial charge in [-0.2, -0.15) is 0 Å². The molecule has 8 rings (SSSR count). The standard InChI is InChI=1S/C42H36O10/c43-34-30(24-49-38(45)26-13-5-1-6-14-26)23-32-33(36(34)52-41(48)29-19-11-4-12-20-29)31-21-22-42(32,25-50-39(46)27-15-7-2-8-16-27)37(44)35(31)51-40(47)28-17-9-3-10-18-28/h1-23,31-37,43-44H,24-25H2/t31-,32+,33+,34+,35+,36+,37-,42-/m0/s1. The van der Waals surface area contributed by atoms with Gasteiger partial charge in [0.05, 0.1) is 27.7 Å². The van der Waals surface area contributed by atoms with Crippen molar-refractivity contribution in [3.05, 3.63) is 167 Å². The minimum absolute atomic E-state index is 0.233. The first kappa shape index (κ1) is 34.6. The second kappa shape index (κ2) is 14.8. The highest BCUT2D eigenvalue weighted by Gasteiger charge is 2.65. The van der Waals surface area contributed by atoms with Gasteiger partial charge in [-0.25, -0.2) is 19.2 Å². The summed E-state index contributed by atoms with van der Waals surface area (Å²) in [6.45, 7) is -0.705. The maximum atomic E-state index is 13.6. The molecule has 0 saturated heterocycles. The van der Waals surface area contributed by atoms with Crippen molar-refractivity contribution in [3.8, 4) is 0 Å². The molecule has 0 aliphatic heterocycles. The Labute approximate surface area is 299 Å². The lowest BCUT2D eigenvalue weighted by atomic mass is 9.48. The highest BCUT2D eigenvalue weighted by Crippen LogP contribution is 2.58. The van der Waals surface area contributed by atoms with Crippen molar-refractivity contribution in [3.63, 3.8) is 0 Å². The van der Waals surface area contributed by atoms with E-state index in [0.717, 1.165) is 0 Å². The molecule has 0 heterocycles. The van der Waals surface area contributed by atoms with E-state index in [1.807, 2.05) is 0 Å². The highest BCUT2D eigenvalue weighted by molar-refractivity contribution is 5.91. The number of allylic oxidation sites excluding steroid dienone is 1. The Kier molecular flexibility index (Phi) is 9.84. The van der Waals surface area contributed by atoms with Crippen LogP contribution in [0.2, 0.25) is 0 Å². The number of ether oxygens (including phenoxy) is 4. The van der Waals surface area contributed by atoms with Gasteiger partial charge in [-0.1, -0.05) is 91.0 Å². The zero-order valence-corrected chi connectivity index (χ0v) is 27.9. The third-order valence-electron chi connectivity index (χ3n) is 10.2. The summed E-state index contributed by atoms with van der Waals surface area (Å²) in [7, 11) is 0. The first-order valence-corrected chi connectivity index (χ1v) is 17.0. The Morgan fingerprint density at radius 2 is 1.02 bits per heavy atom. The first-order valence-electron chi connectivity index (χ1n) is 17.0. The Bertz CT molecular complexity index is 1980. The molecule has 0 spiro atoms. The van der Waals surface area contributed by atoms with Gasteiger partial charge in [0.2, 0.25) is 0 Å². The van der Waals surface area contributed by atoms with Crippen molar-refractivity contribution in [1.29, 1.82) is 0 Å². The van der Waals surface area contributed by atoms with Gasteiger partial charge in [0.15, 0.2) is 0 Å². The molecule has 2 N–H and O–H groups in total. The quantitative estimate of drug-likeness (QED) is 0.128. The lowest BCUT2D eigenvalue weighted by Crippen LogP contribution is -2.68. The van der Waals surface area contributed by atoms with Crippen molar-refractivity contribution >= 4 is 23.9 Å². The van der Waals surface area contributed by atoms with Crippen LogP contribution >= 0.6 is 0 Å². The number of esters is 4. The fraction of sp³-hybridized carbons (Fsp3) is 0.238. The average Bonchev–Trinajstić information content (AvgIpc) is 3.19. The second-order valence-corrected chi connectivity index (χ2v) is 13.1. The zero-order valence-electron chi connectivity index (χ0n) is 27.9. The lowest BCUT2D eigenvalue weighted by Gasteiger charge is -2.60. The SMILES string of the molecule is O=C(OCC1=C[C@@H]2[C@@H]([C@@H]3C=C[C@@]2(COC(=O)c2ccccc2)[C@@H](O)[C@@H]3OC(=O)c2ccccc2)[C@@H](OC(=O)c2ccccc2)[C@@H]1O)c1ccccc1. The molecular weight excluding hydrogens is 664 g/mol. The number of aliphatic hydroxyl groups excluding tert-OH is 2. The van der Waals surface area contributed by atoms with Crippen LogP contribution in [0, 0.1) is 23.2 Å². The summed E-state index contributed by atoms with van der Waals surface area (Å²) in [6, 6.07) is 33.3. The van der Waals surface area contributed by atoms with Crippen molar-refractivity contribution in [2.75, 3.05) is 13.2 Å². The average molecular weight is 701 g/mol.